The van der Waals surface area contributed by atoms with Gasteiger partial charge in [0, 0.05) is 5.69 Å². The van der Waals surface area contributed by atoms with Crippen molar-refractivity contribution < 1.29 is 9.53 Å². The third-order valence-electron chi connectivity index (χ3n) is 1.64. The molecule has 0 aliphatic carbocycles. The summed E-state index contributed by atoms with van der Waals surface area (Å²) in [4.78, 5) is 15.2. The van der Waals surface area contributed by atoms with Crippen LogP contribution in [-0.4, -0.2) is 23.8 Å². The molecule has 0 aromatic carbocycles. The average Bonchev–Trinajstić information content (AvgIpc) is 2.12. The molecule has 0 fully saturated rings. The number of aryl methyl sites for hydroxylation is 2. The Balaban J connectivity index is 2.63. The van der Waals surface area contributed by atoms with Gasteiger partial charge in [0.15, 0.2) is 0 Å². The monoisotopic (exact) mass is 211 g/mol. The van der Waals surface area contributed by atoms with E-state index in [0.29, 0.717) is 5.75 Å². The second kappa shape index (κ2) is 5.00. The van der Waals surface area contributed by atoms with Gasteiger partial charge in [0.1, 0.15) is 0 Å². The summed E-state index contributed by atoms with van der Waals surface area (Å²) in [6, 6.07) is 3.96. The van der Waals surface area contributed by atoms with Crippen LogP contribution in [0.3, 0.4) is 0 Å². The summed E-state index contributed by atoms with van der Waals surface area (Å²) in [5, 5.41) is 0.868. The zero-order chi connectivity index (χ0) is 10.6. The summed E-state index contributed by atoms with van der Waals surface area (Å²) < 4.78 is 4.54. The molecule has 0 saturated carbocycles. The number of thioether (sulfide) groups is 1. The average molecular weight is 211 g/mol. The van der Waals surface area contributed by atoms with E-state index in [1.807, 2.05) is 26.0 Å². The predicted octanol–water partition coefficient (Wildman–Crippen LogP) is 1.96. The van der Waals surface area contributed by atoms with E-state index in [1.165, 1.54) is 18.9 Å². The van der Waals surface area contributed by atoms with E-state index in [-0.39, 0.29) is 5.97 Å². The fourth-order valence-corrected chi connectivity index (χ4v) is 1.93. The highest BCUT2D eigenvalue weighted by molar-refractivity contribution is 7.99. The molecule has 76 valence electrons. The molecule has 0 saturated heterocycles. The third kappa shape index (κ3) is 3.38. The SMILES string of the molecule is COC(=O)CSc1cc(C)cc(C)n1. The lowest BCUT2D eigenvalue weighted by atomic mass is 10.3. The second-order valence-electron chi connectivity index (χ2n) is 2.99. The minimum Gasteiger partial charge on any atom is -0.468 e. The minimum absolute atomic E-state index is 0.226. The van der Waals surface area contributed by atoms with Crippen molar-refractivity contribution in [3.05, 3.63) is 23.4 Å². The third-order valence-corrected chi connectivity index (χ3v) is 2.52. The van der Waals surface area contributed by atoms with E-state index in [9.17, 15) is 4.79 Å². The molecule has 3 nitrogen and oxygen atoms in total. The van der Waals surface area contributed by atoms with Gasteiger partial charge in [-0.2, -0.15) is 0 Å². The van der Waals surface area contributed by atoms with Crippen molar-refractivity contribution in [3.63, 3.8) is 0 Å². The largest absolute Gasteiger partial charge is 0.468 e. The molecule has 1 aromatic rings. The molecule has 0 radical (unpaired) electrons. The van der Waals surface area contributed by atoms with E-state index >= 15 is 0 Å². The van der Waals surface area contributed by atoms with E-state index in [4.69, 9.17) is 0 Å². The van der Waals surface area contributed by atoms with E-state index in [2.05, 4.69) is 9.72 Å². The quantitative estimate of drug-likeness (QED) is 0.566. The summed E-state index contributed by atoms with van der Waals surface area (Å²) in [6.07, 6.45) is 0. The molecule has 1 aromatic heterocycles. The van der Waals surface area contributed by atoms with Crippen LogP contribution >= 0.6 is 11.8 Å². The maximum atomic E-state index is 10.9. The molecule has 0 unspecified atom stereocenters. The number of hydrogen-bond donors (Lipinski definition) is 0. The molecule has 0 N–H and O–H groups in total. The molecule has 0 aliphatic heterocycles. The number of nitrogens with zero attached hydrogens (tertiary/aromatic N) is 1. The lowest BCUT2D eigenvalue weighted by molar-refractivity contribution is -0.137. The van der Waals surface area contributed by atoms with Gasteiger partial charge in [-0.3, -0.25) is 4.79 Å². The van der Waals surface area contributed by atoms with Crippen LogP contribution < -0.4 is 0 Å². The number of rotatable bonds is 3. The fraction of sp³-hybridized carbons (Fsp3) is 0.400. The highest BCUT2D eigenvalue weighted by Gasteiger charge is 2.03. The van der Waals surface area contributed by atoms with Gasteiger partial charge in [0.2, 0.25) is 0 Å². The van der Waals surface area contributed by atoms with Gasteiger partial charge in [0.05, 0.1) is 17.9 Å². The van der Waals surface area contributed by atoms with Crippen LogP contribution in [0.15, 0.2) is 17.2 Å². The molecule has 4 heteroatoms. The highest BCUT2D eigenvalue weighted by Crippen LogP contribution is 2.17. The van der Waals surface area contributed by atoms with Gasteiger partial charge >= 0.3 is 5.97 Å². The highest BCUT2D eigenvalue weighted by atomic mass is 32.2. The van der Waals surface area contributed by atoms with E-state index in [1.54, 1.807) is 0 Å². The van der Waals surface area contributed by atoms with Crippen molar-refractivity contribution in [3.8, 4) is 0 Å². The van der Waals surface area contributed by atoms with Crippen LogP contribution in [0.2, 0.25) is 0 Å². The van der Waals surface area contributed by atoms with Crippen LogP contribution in [-0.2, 0) is 9.53 Å². The molecule has 0 aliphatic rings. The Morgan fingerprint density at radius 3 is 2.79 bits per heavy atom. The maximum absolute atomic E-state index is 10.9. The number of hydrogen-bond acceptors (Lipinski definition) is 4. The molecular weight excluding hydrogens is 198 g/mol. The normalized spacial score (nSPS) is 9.93. The topological polar surface area (TPSA) is 39.2 Å². The first-order valence-corrected chi connectivity index (χ1v) is 5.25. The summed E-state index contributed by atoms with van der Waals surface area (Å²) in [5.74, 6) is 0.0859. The van der Waals surface area contributed by atoms with Crippen molar-refractivity contribution in [1.29, 1.82) is 0 Å². The Labute approximate surface area is 87.9 Å². The van der Waals surface area contributed by atoms with Gasteiger partial charge in [-0.1, -0.05) is 11.8 Å². The smallest absolute Gasteiger partial charge is 0.316 e. The van der Waals surface area contributed by atoms with Gasteiger partial charge in [-0.25, -0.2) is 4.98 Å². The number of carbonyl (C=O) groups excluding carboxylic acids is 1. The number of esters is 1. The van der Waals surface area contributed by atoms with Crippen molar-refractivity contribution in [2.24, 2.45) is 0 Å². The Bertz CT molecular complexity index is 319. The summed E-state index contributed by atoms with van der Waals surface area (Å²) in [7, 11) is 1.39. The summed E-state index contributed by atoms with van der Waals surface area (Å²) >= 11 is 1.40. The minimum atomic E-state index is -0.226. The fourth-order valence-electron chi connectivity index (χ4n) is 1.07. The van der Waals surface area contributed by atoms with Crippen LogP contribution in [0.25, 0.3) is 0 Å². The molecule has 14 heavy (non-hydrogen) atoms. The van der Waals surface area contributed by atoms with Gasteiger partial charge < -0.3 is 4.74 Å². The first kappa shape index (κ1) is 11.0. The maximum Gasteiger partial charge on any atom is 0.316 e. The summed E-state index contributed by atoms with van der Waals surface area (Å²) in [6.45, 7) is 3.95. The van der Waals surface area contributed by atoms with Crippen LogP contribution in [0.4, 0.5) is 0 Å². The molecule has 0 atom stereocenters. The van der Waals surface area contributed by atoms with Crippen molar-refractivity contribution >= 4 is 17.7 Å². The number of ether oxygens (including phenoxy) is 1. The molecule has 0 amide bonds. The molecule has 1 rings (SSSR count). The van der Waals surface area contributed by atoms with Crippen molar-refractivity contribution in [1.82, 2.24) is 4.98 Å². The number of carbonyl (C=O) groups is 1. The van der Waals surface area contributed by atoms with Crippen LogP contribution in [0.5, 0.6) is 0 Å². The Kier molecular flexibility index (Phi) is 3.95. The lowest BCUT2D eigenvalue weighted by Crippen LogP contribution is -2.03. The Morgan fingerprint density at radius 1 is 1.50 bits per heavy atom. The molecule has 1 heterocycles. The first-order valence-electron chi connectivity index (χ1n) is 4.26. The second-order valence-corrected chi connectivity index (χ2v) is 3.98. The number of aromatic nitrogens is 1. The standard InChI is InChI=1S/C10H13NO2S/c1-7-4-8(2)11-9(5-7)14-6-10(12)13-3/h4-5H,6H2,1-3H3. The van der Waals surface area contributed by atoms with Crippen molar-refractivity contribution in [2.75, 3.05) is 12.9 Å². The van der Waals surface area contributed by atoms with E-state index < -0.39 is 0 Å². The zero-order valence-electron chi connectivity index (χ0n) is 8.53. The lowest BCUT2D eigenvalue weighted by Gasteiger charge is -2.02. The summed E-state index contributed by atoms with van der Waals surface area (Å²) in [5.41, 5.74) is 2.13. The zero-order valence-corrected chi connectivity index (χ0v) is 9.35. The van der Waals surface area contributed by atoms with Crippen LogP contribution in [0.1, 0.15) is 11.3 Å². The molecular formula is C10H13NO2S. The van der Waals surface area contributed by atoms with E-state index in [0.717, 1.165) is 16.3 Å². The number of methoxy groups -OCH3 is 1. The Morgan fingerprint density at radius 2 is 2.21 bits per heavy atom. The molecule has 0 spiro atoms. The van der Waals surface area contributed by atoms with Gasteiger partial charge in [0.25, 0.3) is 0 Å². The number of pyridine rings is 1. The van der Waals surface area contributed by atoms with Gasteiger partial charge in [-0.15, -0.1) is 0 Å². The first-order chi connectivity index (χ1) is 6.61. The Hall–Kier alpha value is -1.03. The predicted molar refractivity (Wildman–Crippen MR) is 56.5 cm³/mol. The molecule has 0 bridgehead atoms. The van der Waals surface area contributed by atoms with Crippen molar-refractivity contribution in [2.45, 2.75) is 18.9 Å². The van der Waals surface area contributed by atoms with Crippen LogP contribution in [0, 0.1) is 13.8 Å². The van der Waals surface area contributed by atoms with Gasteiger partial charge in [-0.05, 0) is 31.5 Å².